The first-order chi connectivity index (χ1) is 14.8. The van der Waals surface area contributed by atoms with Crippen LogP contribution in [0.1, 0.15) is 58.5 Å². The minimum Gasteiger partial charge on any atom is -0.354 e. The van der Waals surface area contributed by atoms with Crippen LogP contribution in [-0.4, -0.2) is 62.4 Å². The first-order valence-corrected chi connectivity index (χ1v) is 11.3. The maximum Gasteiger partial charge on any atom is 0.344 e. The summed E-state index contributed by atoms with van der Waals surface area (Å²) in [5.41, 5.74) is 0.163. The van der Waals surface area contributed by atoms with E-state index in [0.29, 0.717) is 6.54 Å². The summed E-state index contributed by atoms with van der Waals surface area (Å²) in [4.78, 5) is 39.5. The van der Waals surface area contributed by atoms with Gasteiger partial charge in [-0.25, -0.2) is 19.4 Å². The summed E-state index contributed by atoms with van der Waals surface area (Å²) >= 11 is 0. The Kier molecular flexibility index (Phi) is 7.59. The molecule has 0 aromatic carbocycles. The molecule has 2 aromatic heterocycles. The number of H-pyrrole nitrogens is 1. The molecule has 0 aliphatic carbocycles. The van der Waals surface area contributed by atoms with Crippen LogP contribution in [-0.2, 0) is 18.4 Å². The Morgan fingerprint density at radius 2 is 1.74 bits per heavy atom. The molecule has 3 heterocycles. The molecule has 1 saturated heterocycles. The van der Waals surface area contributed by atoms with Crippen LogP contribution >= 0.6 is 0 Å². The minimum absolute atomic E-state index is 0.0666. The Morgan fingerprint density at radius 1 is 1.03 bits per heavy atom. The van der Waals surface area contributed by atoms with Crippen LogP contribution in [0, 0.1) is 0 Å². The topological polar surface area (TPSA) is 100 Å². The van der Waals surface area contributed by atoms with Gasteiger partial charge in [0.05, 0.1) is 0 Å². The zero-order valence-electron chi connectivity index (χ0n) is 19.2. The molecular weight excluding hydrogens is 394 g/mol. The average Bonchev–Trinajstić information content (AvgIpc) is 2.72. The maximum absolute atomic E-state index is 11.7. The van der Waals surface area contributed by atoms with Gasteiger partial charge in [0, 0.05) is 49.9 Å². The monoisotopic (exact) mass is 429 g/mol. The fourth-order valence-electron chi connectivity index (χ4n) is 3.70. The summed E-state index contributed by atoms with van der Waals surface area (Å²) in [6.07, 6.45) is 5.03. The van der Waals surface area contributed by atoms with E-state index in [-0.39, 0.29) is 5.41 Å². The van der Waals surface area contributed by atoms with E-state index in [1.54, 1.807) is 0 Å². The average molecular weight is 430 g/mol. The first-order valence-electron chi connectivity index (χ1n) is 11.3. The van der Waals surface area contributed by atoms with Gasteiger partial charge in [-0.3, -0.25) is 14.7 Å². The number of unbranched alkanes of at least 4 members (excludes halogenated alkanes) is 1. The highest BCUT2D eigenvalue weighted by Gasteiger charge is 2.23. The van der Waals surface area contributed by atoms with Crippen molar-refractivity contribution in [3.63, 3.8) is 0 Å². The number of anilines is 1. The van der Waals surface area contributed by atoms with Crippen molar-refractivity contribution in [1.82, 2.24) is 29.6 Å². The first kappa shape index (κ1) is 23.1. The van der Waals surface area contributed by atoms with E-state index in [0.717, 1.165) is 81.9 Å². The van der Waals surface area contributed by atoms with Crippen molar-refractivity contribution < 1.29 is 0 Å². The predicted octanol–water partition coefficient (Wildman–Crippen LogP) is 1.57. The fraction of sp³-hybridized carbons (Fsp3) is 0.682. The van der Waals surface area contributed by atoms with Crippen LogP contribution in [0.3, 0.4) is 0 Å². The van der Waals surface area contributed by atoms with E-state index < -0.39 is 11.2 Å². The Balaban J connectivity index is 1.50. The molecule has 9 nitrogen and oxygen atoms in total. The SMILES string of the molecule is CCCc1cc(N2CCN(CCCCn3ncc(=O)[nH]c3=O)CC2)nc(C(C)(C)C)n1. The van der Waals surface area contributed by atoms with E-state index >= 15 is 0 Å². The molecule has 0 bridgehead atoms. The lowest BCUT2D eigenvalue weighted by molar-refractivity contribution is 0.249. The Labute approximate surface area is 183 Å². The van der Waals surface area contributed by atoms with Gasteiger partial charge in [-0.05, 0) is 25.8 Å². The third-order valence-corrected chi connectivity index (χ3v) is 5.51. The van der Waals surface area contributed by atoms with Crippen LogP contribution < -0.4 is 16.1 Å². The number of aromatic nitrogens is 5. The Bertz CT molecular complexity index is 969. The highest BCUT2D eigenvalue weighted by Crippen LogP contribution is 2.23. The van der Waals surface area contributed by atoms with Crippen LogP contribution in [0.25, 0.3) is 0 Å². The molecule has 1 N–H and O–H groups in total. The molecule has 0 amide bonds. The molecule has 1 aliphatic heterocycles. The van der Waals surface area contributed by atoms with Crippen LogP contribution in [0.15, 0.2) is 21.9 Å². The molecule has 0 atom stereocenters. The van der Waals surface area contributed by atoms with Crippen LogP contribution in [0.5, 0.6) is 0 Å². The molecule has 1 aliphatic rings. The number of nitrogens with one attached hydrogen (secondary N) is 1. The van der Waals surface area contributed by atoms with Gasteiger partial charge in [0.15, 0.2) is 0 Å². The van der Waals surface area contributed by atoms with E-state index in [4.69, 9.17) is 9.97 Å². The molecule has 2 aromatic rings. The van der Waals surface area contributed by atoms with Gasteiger partial charge in [-0.2, -0.15) is 5.10 Å². The normalized spacial score (nSPS) is 15.4. The molecule has 170 valence electrons. The Hall–Kier alpha value is -2.55. The lowest BCUT2D eigenvalue weighted by atomic mass is 9.95. The summed E-state index contributed by atoms with van der Waals surface area (Å²) < 4.78 is 1.31. The van der Waals surface area contributed by atoms with Crippen molar-refractivity contribution in [1.29, 1.82) is 0 Å². The molecule has 31 heavy (non-hydrogen) atoms. The van der Waals surface area contributed by atoms with Crippen LogP contribution in [0.2, 0.25) is 0 Å². The molecule has 0 saturated carbocycles. The quantitative estimate of drug-likeness (QED) is 0.636. The van der Waals surface area contributed by atoms with Crippen molar-refractivity contribution >= 4 is 5.82 Å². The van der Waals surface area contributed by atoms with Gasteiger partial charge >= 0.3 is 5.69 Å². The second-order valence-corrected chi connectivity index (χ2v) is 9.24. The van der Waals surface area contributed by atoms with E-state index in [2.05, 4.69) is 53.6 Å². The number of piperazine rings is 1. The summed E-state index contributed by atoms with van der Waals surface area (Å²) in [5.74, 6) is 1.97. The van der Waals surface area contributed by atoms with Crippen molar-refractivity contribution in [2.75, 3.05) is 37.6 Å². The van der Waals surface area contributed by atoms with Crippen molar-refractivity contribution in [3.05, 3.63) is 44.6 Å². The fourth-order valence-corrected chi connectivity index (χ4v) is 3.70. The highest BCUT2D eigenvalue weighted by molar-refractivity contribution is 5.41. The zero-order chi connectivity index (χ0) is 22.4. The molecular formula is C22H35N7O2. The predicted molar refractivity (Wildman–Crippen MR) is 122 cm³/mol. The van der Waals surface area contributed by atoms with Gasteiger partial charge in [-0.15, -0.1) is 0 Å². The third kappa shape index (κ3) is 6.46. The number of hydrogen-bond donors (Lipinski definition) is 1. The number of rotatable bonds is 8. The molecule has 0 unspecified atom stereocenters. The Morgan fingerprint density at radius 3 is 2.39 bits per heavy atom. The van der Waals surface area contributed by atoms with Gasteiger partial charge in [-0.1, -0.05) is 34.1 Å². The van der Waals surface area contributed by atoms with Gasteiger partial charge in [0.1, 0.15) is 17.8 Å². The largest absolute Gasteiger partial charge is 0.354 e. The molecule has 1 fully saturated rings. The summed E-state index contributed by atoms with van der Waals surface area (Å²) in [6, 6.07) is 2.16. The molecule has 0 radical (unpaired) electrons. The number of aromatic amines is 1. The van der Waals surface area contributed by atoms with Crippen LogP contribution in [0.4, 0.5) is 5.82 Å². The lowest BCUT2D eigenvalue weighted by Crippen LogP contribution is -2.47. The summed E-state index contributed by atoms with van der Waals surface area (Å²) in [5, 5.41) is 3.88. The maximum atomic E-state index is 11.7. The minimum atomic E-state index is -0.459. The molecule has 3 rings (SSSR count). The van der Waals surface area contributed by atoms with Crippen molar-refractivity contribution in [2.45, 2.75) is 65.3 Å². The summed E-state index contributed by atoms with van der Waals surface area (Å²) in [7, 11) is 0. The molecule has 9 heteroatoms. The second-order valence-electron chi connectivity index (χ2n) is 9.24. The number of aryl methyl sites for hydroxylation is 2. The summed E-state index contributed by atoms with van der Waals surface area (Å²) in [6.45, 7) is 14.1. The van der Waals surface area contributed by atoms with Crippen molar-refractivity contribution in [2.24, 2.45) is 0 Å². The van der Waals surface area contributed by atoms with E-state index in [1.165, 1.54) is 4.68 Å². The van der Waals surface area contributed by atoms with Gasteiger partial charge < -0.3 is 4.90 Å². The standard InChI is InChI=1S/C22H35N7O2/c1-5-8-17-15-18(25-20(24-17)22(2,3)4)28-13-11-27(12-14-28)9-6-7-10-29-21(31)26-19(30)16-23-29/h15-16H,5-14H2,1-4H3,(H,26,30,31). The smallest absolute Gasteiger partial charge is 0.344 e. The van der Waals surface area contributed by atoms with Gasteiger partial charge in [0.2, 0.25) is 0 Å². The number of hydrogen-bond acceptors (Lipinski definition) is 7. The van der Waals surface area contributed by atoms with E-state index in [1.807, 2.05) is 0 Å². The second kappa shape index (κ2) is 10.2. The van der Waals surface area contributed by atoms with Crippen molar-refractivity contribution in [3.8, 4) is 0 Å². The zero-order valence-corrected chi connectivity index (χ0v) is 19.2. The molecule has 0 spiro atoms. The number of nitrogens with zero attached hydrogens (tertiary/aromatic N) is 6. The lowest BCUT2D eigenvalue weighted by Gasteiger charge is -2.36. The highest BCUT2D eigenvalue weighted by atomic mass is 16.2. The van der Waals surface area contributed by atoms with E-state index in [9.17, 15) is 9.59 Å². The van der Waals surface area contributed by atoms with Gasteiger partial charge in [0.25, 0.3) is 5.56 Å². The third-order valence-electron chi connectivity index (χ3n) is 5.51.